The second-order valence-electron chi connectivity index (χ2n) is 6.85. The molecule has 0 saturated carbocycles. The highest BCUT2D eigenvalue weighted by Gasteiger charge is 2.36. The van der Waals surface area contributed by atoms with E-state index in [9.17, 15) is 9.59 Å². The largest absolute Gasteiger partial charge is 0.318 e. The maximum absolute atomic E-state index is 12.8. The molecule has 1 aliphatic heterocycles. The normalized spacial score (nSPS) is 15.7. The van der Waals surface area contributed by atoms with Crippen LogP contribution in [0.1, 0.15) is 22.5 Å². The minimum atomic E-state index is -0.277. The van der Waals surface area contributed by atoms with Crippen LogP contribution in [0.2, 0.25) is 0 Å². The Morgan fingerprint density at radius 1 is 0.857 bits per heavy atom. The van der Waals surface area contributed by atoms with Crippen LogP contribution in [0.3, 0.4) is 0 Å². The monoisotopic (exact) mass is 388 g/mol. The van der Waals surface area contributed by atoms with E-state index in [1.165, 1.54) is 10.5 Å². The third-order valence-electron chi connectivity index (χ3n) is 4.86. The molecule has 0 unspecified atom stereocenters. The van der Waals surface area contributed by atoms with E-state index in [1.54, 1.807) is 12.1 Å². The van der Waals surface area contributed by atoms with Gasteiger partial charge in [0.15, 0.2) is 0 Å². The molecule has 0 bridgehead atoms. The van der Waals surface area contributed by atoms with Crippen LogP contribution >= 0.6 is 11.8 Å². The number of carbonyl (C=O) groups excluding carboxylic acids is 2. The Labute approximate surface area is 168 Å². The molecular formula is C23H20N2O2S. The standard InChI is InChI=1S/C23H20N2O2S/c1-15-9-11-20(12-10-15)24-16(2)13-18(17(24)3)14-21-22(26)25(23(27)28-21)19-7-5-4-6-8-19/h4-14H,1-3H3. The van der Waals surface area contributed by atoms with Crippen LogP contribution in [0.5, 0.6) is 0 Å². The molecule has 2 heterocycles. The van der Waals surface area contributed by atoms with E-state index in [4.69, 9.17) is 0 Å². The zero-order valence-electron chi connectivity index (χ0n) is 16.0. The molecule has 4 nitrogen and oxygen atoms in total. The average Bonchev–Trinajstić information content (AvgIpc) is 3.12. The first-order chi connectivity index (χ1) is 13.5. The van der Waals surface area contributed by atoms with Crippen LogP contribution < -0.4 is 4.90 Å². The van der Waals surface area contributed by atoms with Crippen LogP contribution in [-0.4, -0.2) is 15.7 Å². The molecule has 5 heteroatoms. The van der Waals surface area contributed by atoms with Crippen molar-refractivity contribution in [3.63, 3.8) is 0 Å². The molecule has 0 N–H and O–H groups in total. The van der Waals surface area contributed by atoms with E-state index in [0.717, 1.165) is 34.4 Å². The van der Waals surface area contributed by atoms with E-state index in [2.05, 4.69) is 35.8 Å². The molecule has 1 aliphatic rings. The van der Waals surface area contributed by atoms with Crippen molar-refractivity contribution in [2.24, 2.45) is 0 Å². The van der Waals surface area contributed by atoms with Gasteiger partial charge in [-0.2, -0.15) is 0 Å². The zero-order valence-corrected chi connectivity index (χ0v) is 16.8. The van der Waals surface area contributed by atoms with Gasteiger partial charge in [-0.1, -0.05) is 35.9 Å². The van der Waals surface area contributed by atoms with Gasteiger partial charge in [-0.25, -0.2) is 4.90 Å². The van der Waals surface area contributed by atoms with Gasteiger partial charge in [-0.15, -0.1) is 0 Å². The van der Waals surface area contributed by atoms with E-state index in [0.29, 0.717) is 10.6 Å². The van der Waals surface area contributed by atoms with Gasteiger partial charge >= 0.3 is 0 Å². The van der Waals surface area contributed by atoms with Gasteiger partial charge in [0.1, 0.15) is 0 Å². The molecule has 140 valence electrons. The minimum absolute atomic E-state index is 0.269. The number of para-hydroxylation sites is 1. The fourth-order valence-electron chi connectivity index (χ4n) is 3.43. The molecule has 0 aliphatic carbocycles. The maximum atomic E-state index is 12.8. The lowest BCUT2D eigenvalue weighted by Gasteiger charge is -2.11. The van der Waals surface area contributed by atoms with E-state index in [1.807, 2.05) is 44.2 Å². The van der Waals surface area contributed by atoms with Crippen molar-refractivity contribution in [1.82, 2.24) is 4.57 Å². The summed E-state index contributed by atoms with van der Waals surface area (Å²) in [4.78, 5) is 26.9. The number of benzene rings is 2. The summed E-state index contributed by atoms with van der Waals surface area (Å²) < 4.78 is 2.16. The van der Waals surface area contributed by atoms with Crippen molar-refractivity contribution in [2.45, 2.75) is 20.8 Å². The first kappa shape index (κ1) is 18.3. The smallest absolute Gasteiger partial charge is 0.298 e. The van der Waals surface area contributed by atoms with Crippen molar-refractivity contribution < 1.29 is 9.59 Å². The number of imide groups is 1. The van der Waals surface area contributed by atoms with Gasteiger partial charge < -0.3 is 4.57 Å². The molecule has 2 aromatic carbocycles. The van der Waals surface area contributed by atoms with Crippen molar-refractivity contribution in [3.8, 4) is 5.69 Å². The Hall–Kier alpha value is -3.05. The molecule has 28 heavy (non-hydrogen) atoms. The number of aromatic nitrogens is 1. The number of anilines is 1. The average molecular weight is 388 g/mol. The number of carbonyl (C=O) groups is 2. The Morgan fingerprint density at radius 2 is 1.54 bits per heavy atom. The topological polar surface area (TPSA) is 42.3 Å². The summed E-state index contributed by atoms with van der Waals surface area (Å²) in [5.74, 6) is -0.277. The van der Waals surface area contributed by atoms with Crippen molar-refractivity contribution in [1.29, 1.82) is 0 Å². The van der Waals surface area contributed by atoms with Gasteiger partial charge in [-0.3, -0.25) is 9.59 Å². The van der Waals surface area contributed by atoms with Crippen LogP contribution in [0, 0.1) is 20.8 Å². The van der Waals surface area contributed by atoms with Crippen LogP contribution in [-0.2, 0) is 4.79 Å². The quantitative estimate of drug-likeness (QED) is 0.545. The molecule has 1 fully saturated rings. The molecule has 2 amide bonds. The van der Waals surface area contributed by atoms with Crippen molar-refractivity contribution in [3.05, 3.63) is 88.1 Å². The number of rotatable bonds is 3. The number of hydrogen-bond acceptors (Lipinski definition) is 3. The molecule has 4 rings (SSSR count). The Kier molecular flexibility index (Phi) is 4.69. The number of nitrogens with zero attached hydrogens (tertiary/aromatic N) is 2. The Balaban J connectivity index is 1.70. The van der Waals surface area contributed by atoms with Gasteiger partial charge in [0.2, 0.25) is 0 Å². The molecular weight excluding hydrogens is 368 g/mol. The Morgan fingerprint density at radius 3 is 2.21 bits per heavy atom. The Bertz CT molecular complexity index is 1100. The van der Waals surface area contributed by atoms with E-state index >= 15 is 0 Å². The third kappa shape index (κ3) is 3.18. The summed E-state index contributed by atoms with van der Waals surface area (Å²) in [6.45, 7) is 6.13. The maximum Gasteiger partial charge on any atom is 0.298 e. The first-order valence-electron chi connectivity index (χ1n) is 9.04. The second kappa shape index (κ2) is 7.17. The van der Waals surface area contributed by atoms with Crippen molar-refractivity contribution >= 4 is 34.7 Å². The number of amides is 2. The number of hydrogen-bond donors (Lipinski definition) is 0. The highest BCUT2D eigenvalue weighted by Crippen LogP contribution is 2.36. The summed E-state index contributed by atoms with van der Waals surface area (Å²) in [6, 6.07) is 19.4. The lowest BCUT2D eigenvalue weighted by atomic mass is 10.2. The van der Waals surface area contributed by atoms with Gasteiger partial charge in [0.25, 0.3) is 11.1 Å². The first-order valence-corrected chi connectivity index (χ1v) is 9.86. The fourth-order valence-corrected chi connectivity index (χ4v) is 4.27. The molecule has 0 atom stereocenters. The predicted molar refractivity (Wildman–Crippen MR) is 115 cm³/mol. The van der Waals surface area contributed by atoms with Gasteiger partial charge in [-0.05, 0) is 74.5 Å². The molecule has 0 radical (unpaired) electrons. The molecule has 0 spiro atoms. The minimum Gasteiger partial charge on any atom is -0.318 e. The van der Waals surface area contributed by atoms with Crippen molar-refractivity contribution in [2.75, 3.05) is 4.90 Å². The number of thioether (sulfide) groups is 1. The molecule has 1 saturated heterocycles. The van der Waals surface area contributed by atoms with Gasteiger partial charge in [0, 0.05) is 17.1 Å². The van der Waals surface area contributed by atoms with Crippen LogP contribution in [0.25, 0.3) is 11.8 Å². The zero-order chi connectivity index (χ0) is 19.8. The summed E-state index contributed by atoms with van der Waals surface area (Å²) >= 11 is 0.982. The lowest BCUT2D eigenvalue weighted by molar-refractivity contribution is -0.113. The molecule has 1 aromatic heterocycles. The summed E-state index contributed by atoms with van der Waals surface area (Å²) in [6.07, 6.45) is 1.82. The van der Waals surface area contributed by atoms with E-state index in [-0.39, 0.29) is 11.1 Å². The summed E-state index contributed by atoms with van der Waals surface area (Å²) in [5.41, 5.74) is 5.94. The summed E-state index contributed by atoms with van der Waals surface area (Å²) in [5, 5.41) is -0.269. The summed E-state index contributed by atoms with van der Waals surface area (Å²) in [7, 11) is 0. The highest BCUT2D eigenvalue weighted by molar-refractivity contribution is 8.19. The van der Waals surface area contributed by atoms with Gasteiger partial charge in [0.05, 0.1) is 10.6 Å². The second-order valence-corrected chi connectivity index (χ2v) is 7.84. The predicted octanol–water partition coefficient (Wildman–Crippen LogP) is 5.64. The van der Waals surface area contributed by atoms with Crippen LogP contribution in [0.4, 0.5) is 10.5 Å². The fraction of sp³-hybridized carbons (Fsp3) is 0.130. The molecule has 3 aromatic rings. The van der Waals surface area contributed by atoms with Crippen LogP contribution in [0.15, 0.2) is 65.6 Å². The number of aryl methyl sites for hydroxylation is 2. The van der Waals surface area contributed by atoms with E-state index < -0.39 is 0 Å². The SMILES string of the molecule is Cc1ccc(-n2c(C)cc(C=C3SC(=O)N(c4ccccc4)C3=O)c2C)cc1. The lowest BCUT2D eigenvalue weighted by Crippen LogP contribution is -2.27. The highest BCUT2D eigenvalue weighted by atomic mass is 32.2. The third-order valence-corrected chi connectivity index (χ3v) is 5.73.